The normalized spacial score (nSPS) is 13.4. The van der Waals surface area contributed by atoms with E-state index < -0.39 is 16.7 Å². The Bertz CT molecular complexity index is 858. The van der Waals surface area contributed by atoms with Gasteiger partial charge in [-0.1, -0.05) is 11.3 Å². The average molecular weight is 379 g/mol. The van der Waals surface area contributed by atoms with Gasteiger partial charge < -0.3 is 14.6 Å². The van der Waals surface area contributed by atoms with Crippen molar-refractivity contribution < 1.29 is 18.9 Å². The summed E-state index contributed by atoms with van der Waals surface area (Å²) in [5.74, 6) is -0.949. The first-order valence-electron chi connectivity index (χ1n) is 7.93. The number of hydrogen-bond acceptors (Lipinski definition) is 7. The Morgan fingerprint density at radius 2 is 2.19 bits per heavy atom. The van der Waals surface area contributed by atoms with Crippen LogP contribution in [0, 0.1) is 10.1 Å². The predicted molar refractivity (Wildman–Crippen MR) is 93.2 cm³/mol. The molecular formula is C15H17N5O5S. The highest BCUT2D eigenvalue weighted by Crippen LogP contribution is 2.29. The van der Waals surface area contributed by atoms with Crippen molar-refractivity contribution in [2.75, 3.05) is 11.9 Å². The van der Waals surface area contributed by atoms with Crippen LogP contribution in [0.15, 0.2) is 16.5 Å². The van der Waals surface area contributed by atoms with Gasteiger partial charge in [-0.25, -0.2) is 9.78 Å². The number of urea groups is 1. The van der Waals surface area contributed by atoms with E-state index in [-0.39, 0.29) is 17.8 Å². The molecule has 0 atom stereocenters. The van der Waals surface area contributed by atoms with E-state index in [1.807, 2.05) is 13.8 Å². The average Bonchev–Trinajstić information content (AvgIpc) is 3.19. The molecule has 11 heteroatoms. The second kappa shape index (κ2) is 7.12. The maximum atomic E-state index is 12.5. The van der Waals surface area contributed by atoms with Crippen LogP contribution in [0.25, 0.3) is 0 Å². The van der Waals surface area contributed by atoms with E-state index in [1.165, 1.54) is 17.4 Å². The molecule has 26 heavy (non-hydrogen) atoms. The number of aromatic nitrogens is 1. The van der Waals surface area contributed by atoms with Crippen molar-refractivity contribution in [1.29, 1.82) is 0 Å². The Morgan fingerprint density at radius 1 is 1.42 bits per heavy atom. The lowest BCUT2D eigenvalue weighted by atomic mass is 10.1. The SMILES string of the molecule is CC(C)NC(=O)Nc1nc2c(s1)CN(C(=O)c1ccc([N+](=O)[O-])o1)CC2. The van der Waals surface area contributed by atoms with Gasteiger partial charge in [-0.05, 0) is 19.9 Å². The molecule has 0 aliphatic carbocycles. The van der Waals surface area contributed by atoms with Crippen molar-refractivity contribution in [2.45, 2.75) is 32.9 Å². The number of hydrogen-bond donors (Lipinski definition) is 2. The molecule has 0 saturated carbocycles. The highest BCUT2D eigenvalue weighted by atomic mass is 32.1. The Kier molecular flexibility index (Phi) is 4.89. The smallest absolute Gasteiger partial charge is 0.395 e. The zero-order chi connectivity index (χ0) is 18.8. The summed E-state index contributed by atoms with van der Waals surface area (Å²) in [5, 5.41) is 16.5. The Hall–Kier alpha value is -2.95. The number of anilines is 1. The molecule has 0 aromatic carbocycles. The van der Waals surface area contributed by atoms with Crippen LogP contribution in [-0.2, 0) is 13.0 Å². The lowest BCUT2D eigenvalue weighted by molar-refractivity contribution is -0.402. The standard InChI is InChI=1S/C15H17N5O5S/c1-8(2)16-14(22)18-15-17-9-5-6-19(7-11(9)26-15)13(21)10-3-4-12(25-10)20(23)24/h3-4,8H,5-7H2,1-2H3,(H2,16,17,18,22). The Balaban J connectivity index is 1.68. The molecular weight excluding hydrogens is 362 g/mol. The maximum Gasteiger partial charge on any atom is 0.433 e. The van der Waals surface area contributed by atoms with Gasteiger partial charge in [0.05, 0.1) is 18.3 Å². The summed E-state index contributed by atoms with van der Waals surface area (Å²) in [6, 6.07) is 2.13. The summed E-state index contributed by atoms with van der Waals surface area (Å²) in [7, 11) is 0. The number of thiazole rings is 1. The Morgan fingerprint density at radius 3 is 2.85 bits per heavy atom. The van der Waals surface area contributed by atoms with Crippen molar-refractivity contribution >= 4 is 34.3 Å². The van der Waals surface area contributed by atoms with Crippen molar-refractivity contribution in [3.8, 4) is 0 Å². The molecule has 0 saturated heterocycles. The quantitative estimate of drug-likeness (QED) is 0.619. The summed E-state index contributed by atoms with van der Waals surface area (Å²) in [6.07, 6.45) is 0.536. The first-order valence-corrected chi connectivity index (χ1v) is 8.74. The minimum Gasteiger partial charge on any atom is -0.395 e. The molecule has 3 heterocycles. The van der Waals surface area contributed by atoms with Crippen LogP contribution in [0.5, 0.6) is 0 Å². The van der Waals surface area contributed by atoms with Crippen LogP contribution in [0.3, 0.4) is 0 Å². The fourth-order valence-corrected chi connectivity index (χ4v) is 3.53. The van der Waals surface area contributed by atoms with Crippen LogP contribution < -0.4 is 10.6 Å². The number of carbonyl (C=O) groups is 2. The number of carbonyl (C=O) groups excluding carboxylic acids is 2. The van der Waals surface area contributed by atoms with E-state index in [1.54, 1.807) is 4.90 Å². The van der Waals surface area contributed by atoms with Crippen LogP contribution in [0.2, 0.25) is 0 Å². The third-order valence-corrected chi connectivity index (χ3v) is 4.64. The lowest BCUT2D eigenvalue weighted by Gasteiger charge is -2.24. The highest BCUT2D eigenvalue weighted by Gasteiger charge is 2.28. The summed E-state index contributed by atoms with van der Waals surface area (Å²) < 4.78 is 4.98. The number of furan rings is 1. The second-order valence-electron chi connectivity index (χ2n) is 6.01. The van der Waals surface area contributed by atoms with Gasteiger partial charge in [-0.2, -0.15) is 0 Å². The van der Waals surface area contributed by atoms with Gasteiger partial charge in [0.25, 0.3) is 5.91 Å². The van der Waals surface area contributed by atoms with Crippen LogP contribution >= 0.6 is 11.3 Å². The topological polar surface area (TPSA) is 131 Å². The molecule has 0 unspecified atom stereocenters. The van der Waals surface area contributed by atoms with Gasteiger partial charge in [0.15, 0.2) is 10.9 Å². The van der Waals surface area contributed by atoms with E-state index in [0.29, 0.717) is 24.6 Å². The van der Waals surface area contributed by atoms with E-state index in [4.69, 9.17) is 4.42 Å². The molecule has 0 fully saturated rings. The first kappa shape index (κ1) is 17.9. The van der Waals surface area contributed by atoms with Gasteiger partial charge >= 0.3 is 11.9 Å². The first-order chi connectivity index (χ1) is 12.3. The maximum absolute atomic E-state index is 12.5. The number of fused-ring (bicyclic) bond motifs is 1. The zero-order valence-electron chi connectivity index (χ0n) is 14.1. The molecule has 2 aromatic rings. The molecule has 0 bridgehead atoms. The molecule has 0 spiro atoms. The summed E-state index contributed by atoms with van der Waals surface area (Å²) in [6.45, 7) is 4.44. The van der Waals surface area contributed by atoms with E-state index in [0.717, 1.165) is 16.6 Å². The number of nitro groups is 1. The number of rotatable bonds is 4. The van der Waals surface area contributed by atoms with Crippen molar-refractivity contribution in [3.05, 3.63) is 38.6 Å². The molecule has 138 valence electrons. The third kappa shape index (κ3) is 3.82. The molecule has 0 radical (unpaired) electrons. The summed E-state index contributed by atoms with van der Waals surface area (Å²) in [5.41, 5.74) is 0.837. The molecule has 2 aromatic heterocycles. The predicted octanol–water partition coefficient (Wildman–Crippen LogP) is 2.37. The van der Waals surface area contributed by atoms with Crippen LogP contribution in [0.1, 0.15) is 35.0 Å². The van der Waals surface area contributed by atoms with Gasteiger partial charge in [0, 0.05) is 23.9 Å². The number of nitrogens with one attached hydrogen (secondary N) is 2. The largest absolute Gasteiger partial charge is 0.433 e. The fourth-order valence-electron chi connectivity index (χ4n) is 2.51. The molecule has 1 aliphatic heterocycles. The van der Waals surface area contributed by atoms with Gasteiger partial charge in [-0.3, -0.25) is 20.2 Å². The van der Waals surface area contributed by atoms with Gasteiger partial charge in [-0.15, -0.1) is 0 Å². The zero-order valence-corrected chi connectivity index (χ0v) is 15.0. The van der Waals surface area contributed by atoms with E-state index in [9.17, 15) is 19.7 Å². The van der Waals surface area contributed by atoms with E-state index in [2.05, 4.69) is 15.6 Å². The number of nitrogens with zero attached hydrogens (tertiary/aromatic N) is 3. The Labute approximate surface area is 152 Å². The highest BCUT2D eigenvalue weighted by molar-refractivity contribution is 7.15. The molecule has 2 N–H and O–H groups in total. The lowest BCUT2D eigenvalue weighted by Crippen LogP contribution is -2.35. The number of amides is 3. The summed E-state index contributed by atoms with van der Waals surface area (Å²) in [4.78, 5) is 41.0. The van der Waals surface area contributed by atoms with Crippen LogP contribution in [0.4, 0.5) is 15.8 Å². The van der Waals surface area contributed by atoms with Crippen molar-refractivity contribution in [3.63, 3.8) is 0 Å². The monoisotopic (exact) mass is 379 g/mol. The second-order valence-corrected chi connectivity index (χ2v) is 7.10. The van der Waals surface area contributed by atoms with Gasteiger partial charge in [0.2, 0.25) is 0 Å². The van der Waals surface area contributed by atoms with E-state index >= 15 is 0 Å². The minimum atomic E-state index is -0.686. The van der Waals surface area contributed by atoms with Gasteiger partial charge in [0.1, 0.15) is 4.92 Å². The molecule has 3 amide bonds. The molecule has 3 rings (SSSR count). The van der Waals surface area contributed by atoms with Crippen LogP contribution in [-0.4, -0.2) is 39.3 Å². The fraction of sp³-hybridized carbons (Fsp3) is 0.400. The summed E-state index contributed by atoms with van der Waals surface area (Å²) >= 11 is 1.30. The minimum absolute atomic E-state index is 0.00931. The van der Waals surface area contributed by atoms with Crippen molar-refractivity contribution in [1.82, 2.24) is 15.2 Å². The third-order valence-electron chi connectivity index (χ3n) is 3.64. The van der Waals surface area contributed by atoms with Crippen molar-refractivity contribution in [2.24, 2.45) is 0 Å². The molecule has 10 nitrogen and oxygen atoms in total. The molecule has 1 aliphatic rings.